The molecule has 1 amide bonds. The van der Waals surface area contributed by atoms with Crippen molar-refractivity contribution in [3.05, 3.63) is 0 Å². The van der Waals surface area contributed by atoms with Crippen molar-refractivity contribution in [1.82, 2.24) is 10.3 Å². The molecule has 4 heteroatoms. The van der Waals surface area contributed by atoms with Crippen LogP contribution in [-0.2, 0) is 4.79 Å². The standard InChI is InChI=1S/C10H23N3O/c1-6-10(3,4)13(5)8(2)7-9(14)12-11/h8H,6-7,11H2,1-5H3,(H,12,14). The monoisotopic (exact) mass is 201 g/mol. The van der Waals surface area contributed by atoms with Gasteiger partial charge in [0.1, 0.15) is 0 Å². The largest absolute Gasteiger partial charge is 0.298 e. The van der Waals surface area contributed by atoms with E-state index in [9.17, 15) is 4.79 Å². The molecule has 0 saturated carbocycles. The van der Waals surface area contributed by atoms with Crippen LogP contribution >= 0.6 is 0 Å². The molecule has 0 aliphatic heterocycles. The Labute approximate surface area is 86.8 Å². The van der Waals surface area contributed by atoms with Gasteiger partial charge in [-0.25, -0.2) is 5.84 Å². The van der Waals surface area contributed by atoms with Gasteiger partial charge in [-0.1, -0.05) is 6.92 Å². The van der Waals surface area contributed by atoms with Gasteiger partial charge < -0.3 is 0 Å². The summed E-state index contributed by atoms with van der Waals surface area (Å²) in [6, 6.07) is 0.202. The third kappa shape index (κ3) is 3.64. The van der Waals surface area contributed by atoms with Gasteiger partial charge >= 0.3 is 0 Å². The highest BCUT2D eigenvalue weighted by atomic mass is 16.2. The highest BCUT2D eigenvalue weighted by Crippen LogP contribution is 2.20. The Balaban J connectivity index is 4.24. The van der Waals surface area contributed by atoms with Crippen LogP contribution in [0.5, 0.6) is 0 Å². The van der Waals surface area contributed by atoms with E-state index < -0.39 is 0 Å². The summed E-state index contributed by atoms with van der Waals surface area (Å²) in [4.78, 5) is 13.3. The summed E-state index contributed by atoms with van der Waals surface area (Å²) >= 11 is 0. The van der Waals surface area contributed by atoms with E-state index in [2.05, 4.69) is 31.1 Å². The summed E-state index contributed by atoms with van der Waals surface area (Å²) in [5.41, 5.74) is 2.27. The Morgan fingerprint density at radius 2 is 2.07 bits per heavy atom. The van der Waals surface area contributed by atoms with Crippen molar-refractivity contribution in [2.45, 2.75) is 52.1 Å². The molecule has 84 valence electrons. The highest BCUT2D eigenvalue weighted by molar-refractivity contribution is 5.75. The lowest BCUT2D eigenvalue weighted by Gasteiger charge is -2.39. The molecule has 0 radical (unpaired) electrons. The summed E-state index contributed by atoms with van der Waals surface area (Å²) in [6.07, 6.45) is 1.49. The number of hydrogen-bond acceptors (Lipinski definition) is 3. The topological polar surface area (TPSA) is 58.4 Å². The van der Waals surface area contributed by atoms with Gasteiger partial charge in [0.15, 0.2) is 0 Å². The predicted octanol–water partition coefficient (Wildman–Crippen LogP) is 0.875. The molecule has 0 fully saturated rings. The maximum absolute atomic E-state index is 11.1. The SMILES string of the molecule is CCC(C)(C)N(C)C(C)CC(=O)NN. The molecule has 0 aliphatic carbocycles. The number of nitrogens with zero attached hydrogens (tertiary/aromatic N) is 1. The minimum absolute atomic E-state index is 0.115. The van der Waals surface area contributed by atoms with Gasteiger partial charge in [-0.2, -0.15) is 0 Å². The lowest BCUT2D eigenvalue weighted by atomic mass is 9.97. The van der Waals surface area contributed by atoms with Gasteiger partial charge in [0, 0.05) is 18.0 Å². The molecule has 0 spiro atoms. The number of rotatable bonds is 5. The third-order valence-corrected chi connectivity index (χ3v) is 3.12. The first-order chi connectivity index (χ1) is 6.35. The number of carbonyl (C=O) groups excluding carboxylic acids is 1. The van der Waals surface area contributed by atoms with Crippen LogP contribution in [0.15, 0.2) is 0 Å². The number of nitrogens with one attached hydrogen (secondary N) is 1. The smallest absolute Gasteiger partial charge is 0.235 e. The van der Waals surface area contributed by atoms with Gasteiger partial charge in [0.25, 0.3) is 0 Å². The zero-order valence-electron chi connectivity index (χ0n) is 9.92. The van der Waals surface area contributed by atoms with E-state index in [0.29, 0.717) is 6.42 Å². The summed E-state index contributed by atoms with van der Waals surface area (Å²) in [5.74, 6) is 4.93. The molecular formula is C10H23N3O. The van der Waals surface area contributed by atoms with Gasteiger partial charge in [0.2, 0.25) is 5.91 Å². The number of nitrogens with two attached hydrogens (primary N) is 1. The Bertz CT molecular complexity index is 192. The van der Waals surface area contributed by atoms with Crippen LogP contribution in [0, 0.1) is 0 Å². The molecule has 0 aliphatic rings. The Morgan fingerprint density at radius 3 is 2.43 bits per heavy atom. The fraction of sp³-hybridized carbons (Fsp3) is 0.900. The number of hydrazine groups is 1. The van der Waals surface area contributed by atoms with Crippen LogP contribution in [0.2, 0.25) is 0 Å². The molecule has 1 unspecified atom stereocenters. The Morgan fingerprint density at radius 1 is 1.57 bits per heavy atom. The lowest BCUT2D eigenvalue weighted by Crippen LogP contribution is -2.47. The van der Waals surface area contributed by atoms with Crippen LogP contribution in [0.25, 0.3) is 0 Å². The summed E-state index contributed by atoms with van der Waals surface area (Å²) in [7, 11) is 2.04. The van der Waals surface area contributed by atoms with E-state index in [4.69, 9.17) is 5.84 Å². The van der Waals surface area contributed by atoms with Gasteiger partial charge in [-0.05, 0) is 34.2 Å². The second-order valence-electron chi connectivity index (χ2n) is 4.40. The maximum atomic E-state index is 11.1. The molecule has 0 bridgehead atoms. The first-order valence-electron chi connectivity index (χ1n) is 5.07. The molecule has 0 saturated heterocycles. The minimum Gasteiger partial charge on any atom is -0.298 e. The van der Waals surface area contributed by atoms with E-state index in [-0.39, 0.29) is 17.5 Å². The first kappa shape index (κ1) is 13.4. The quantitative estimate of drug-likeness (QED) is 0.394. The maximum Gasteiger partial charge on any atom is 0.235 e. The molecule has 14 heavy (non-hydrogen) atoms. The molecule has 0 aromatic carbocycles. The second kappa shape index (κ2) is 5.32. The molecule has 0 aromatic rings. The fourth-order valence-electron chi connectivity index (χ4n) is 1.31. The van der Waals surface area contributed by atoms with Crippen molar-refractivity contribution < 1.29 is 4.79 Å². The average Bonchev–Trinajstić information content (AvgIpc) is 2.16. The van der Waals surface area contributed by atoms with Gasteiger partial charge in [-0.3, -0.25) is 15.1 Å². The number of carbonyl (C=O) groups is 1. The van der Waals surface area contributed by atoms with Crippen molar-refractivity contribution in [1.29, 1.82) is 0 Å². The van der Waals surface area contributed by atoms with E-state index in [1.807, 2.05) is 14.0 Å². The molecule has 4 nitrogen and oxygen atoms in total. The Hall–Kier alpha value is -0.610. The summed E-state index contributed by atoms with van der Waals surface area (Å²) < 4.78 is 0. The van der Waals surface area contributed by atoms with Crippen molar-refractivity contribution in [2.24, 2.45) is 5.84 Å². The zero-order chi connectivity index (χ0) is 11.4. The second-order valence-corrected chi connectivity index (χ2v) is 4.40. The number of amides is 1. The van der Waals surface area contributed by atoms with E-state index in [1.165, 1.54) is 0 Å². The third-order valence-electron chi connectivity index (χ3n) is 3.12. The van der Waals surface area contributed by atoms with E-state index >= 15 is 0 Å². The van der Waals surface area contributed by atoms with Gasteiger partial charge in [-0.15, -0.1) is 0 Å². The molecule has 0 rings (SSSR count). The Kier molecular flexibility index (Phi) is 5.08. The van der Waals surface area contributed by atoms with E-state index in [1.54, 1.807) is 0 Å². The number of hydrogen-bond donors (Lipinski definition) is 2. The van der Waals surface area contributed by atoms with Crippen LogP contribution in [0.3, 0.4) is 0 Å². The predicted molar refractivity (Wildman–Crippen MR) is 58.5 cm³/mol. The summed E-state index contributed by atoms with van der Waals surface area (Å²) in [6.45, 7) is 8.52. The minimum atomic E-state index is -0.115. The molecule has 3 N–H and O–H groups in total. The van der Waals surface area contributed by atoms with Crippen molar-refractivity contribution in [3.63, 3.8) is 0 Å². The van der Waals surface area contributed by atoms with E-state index in [0.717, 1.165) is 6.42 Å². The van der Waals surface area contributed by atoms with Crippen LogP contribution < -0.4 is 11.3 Å². The fourth-order valence-corrected chi connectivity index (χ4v) is 1.31. The molecule has 0 heterocycles. The zero-order valence-corrected chi connectivity index (χ0v) is 9.92. The molecule has 1 atom stereocenters. The normalized spacial score (nSPS) is 14.2. The van der Waals surface area contributed by atoms with Crippen LogP contribution in [0.1, 0.15) is 40.5 Å². The lowest BCUT2D eigenvalue weighted by molar-refractivity contribution is -0.122. The van der Waals surface area contributed by atoms with Crippen molar-refractivity contribution in [2.75, 3.05) is 7.05 Å². The van der Waals surface area contributed by atoms with Crippen molar-refractivity contribution >= 4 is 5.91 Å². The highest BCUT2D eigenvalue weighted by Gasteiger charge is 2.26. The van der Waals surface area contributed by atoms with Crippen LogP contribution in [-0.4, -0.2) is 29.4 Å². The molecular weight excluding hydrogens is 178 g/mol. The van der Waals surface area contributed by atoms with Crippen LogP contribution in [0.4, 0.5) is 0 Å². The van der Waals surface area contributed by atoms with Gasteiger partial charge in [0.05, 0.1) is 0 Å². The van der Waals surface area contributed by atoms with Crippen molar-refractivity contribution in [3.8, 4) is 0 Å². The average molecular weight is 201 g/mol. The molecule has 0 aromatic heterocycles. The first-order valence-corrected chi connectivity index (χ1v) is 5.07. The summed E-state index contributed by atoms with van der Waals surface area (Å²) in [5, 5.41) is 0.